The van der Waals surface area contributed by atoms with Crippen LogP contribution in [0.4, 0.5) is 4.79 Å². The number of hydrogen-bond donors (Lipinski definition) is 2. The van der Waals surface area contributed by atoms with Gasteiger partial charge in [0, 0.05) is 12.5 Å². The quantitative estimate of drug-likeness (QED) is 0.793. The summed E-state index contributed by atoms with van der Waals surface area (Å²) in [6.45, 7) is 2.17. The van der Waals surface area contributed by atoms with E-state index >= 15 is 0 Å². The molecule has 2 aromatic rings. The van der Waals surface area contributed by atoms with E-state index in [9.17, 15) is 9.59 Å². The first-order chi connectivity index (χ1) is 13.6. The van der Waals surface area contributed by atoms with Gasteiger partial charge < -0.3 is 15.4 Å². The van der Waals surface area contributed by atoms with Crippen LogP contribution in [-0.2, 0) is 11.2 Å². The van der Waals surface area contributed by atoms with Crippen molar-refractivity contribution in [3.05, 3.63) is 66.2 Å². The highest BCUT2D eigenvalue weighted by atomic mass is 16.6. The molecule has 3 atom stereocenters. The molecule has 28 heavy (non-hydrogen) atoms. The number of para-hydroxylation sites is 1. The minimum atomic E-state index is -0.687. The maximum atomic E-state index is 13.0. The van der Waals surface area contributed by atoms with Crippen molar-refractivity contribution in [3.8, 4) is 5.75 Å². The van der Waals surface area contributed by atoms with Gasteiger partial charge >= 0.3 is 6.09 Å². The van der Waals surface area contributed by atoms with Gasteiger partial charge in [-0.2, -0.15) is 0 Å². The number of hydrogen-bond acceptors (Lipinski definition) is 3. The van der Waals surface area contributed by atoms with Crippen LogP contribution >= 0.6 is 0 Å². The summed E-state index contributed by atoms with van der Waals surface area (Å²) in [4.78, 5) is 25.3. The Labute approximate surface area is 166 Å². The van der Waals surface area contributed by atoms with Gasteiger partial charge in [-0.1, -0.05) is 68.3 Å². The molecule has 0 saturated heterocycles. The highest BCUT2D eigenvalue weighted by Gasteiger charge is 2.28. The van der Waals surface area contributed by atoms with Crippen molar-refractivity contribution in [2.24, 2.45) is 5.92 Å². The second-order valence-electron chi connectivity index (χ2n) is 7.47. The molecule has 1 aliphatic carbocycles. The molecular formula is C23H28N2O3. The van der Waals surface area contributed by atoms with Crippen molar-refractivity contribution >= 4 is 12.0 Å². The molecule has 5 nitrogen and oxygen atoms in total. The van der Waals surface area contributed by atoms with Crippen molar-refractivity contribution in [2.75, 3.05) is 0 Å². The van der Waals surface area contributed by atoms with Crippen LogP contribution in [0.5, 0.6) is 5.75 Å². The van der Waals surface area contributed by atoms with Crippen LogP contribution in [0.15, 0.2) is 60.7 Å². The van der Waals surface area contributed by atoms with Gasteiger partial charge in [0.1, 0.15) is 11.8 Å². The zero-order valence-electron chi connectivity index (χ0n) is 16.3. The normalized spacial score (nSPS) is 20.0. The lowest BCUT2D eigenvalue weighted by atomic mass is 9.85. The first-order valence-electron chi connectivity index (χ1n) is 9.99. The monoisotopic (exact) mass is 380 g/mol. The fourth-order valence-electron chi connectivity index (χ4n) is 3.64. The zero-order chi connectivity index (χ0) is 19.8. The molecule has 1 fully saturated rings. The summed E-state index contributed by atoms with van der Waals surface area (Å²) in [7, 11) is 0. The number of carbonyl (C=O) groups is 2. The highest BCUT2D eigenvalue weighted by molar-refractivity contribution is 5.86. The van der Waals surface area contributed by atoms with Crippen molar-refractivity contribution in [2.45, 2.75) is 51.1 Å². The van der Waals surface area contributed by atoms with Crippen molar-refractivity contribution in [1.82, 2.24) is 10.6 Å². The largest absolute Gasteiger partial charge is 0.413 e. The summed E-state index contributed by atoms with van der Waals surface area (Å²) >= 11 is 0. The predicted molar refractivity (Wildman–Crippen MR) is 109 cm³/mol. The molecular weight excluding hydrogens is 352 g/mol. The summed E-state index contributed by atoms with van der Waals surface area (Å²) in [5.41, 5.74) is 0.986. The Bertz CT molecular complexity index is 764. The number of nitrogens with one attached hydrogen (secondary N) is 2. The Balaban J connectivity index is 1.67. The van der Waals surface area contributed by atoms with E-state index in [1.807, 2.05) is 36.4 Å². The molecule has 0 spiro atoms. The summed E-state index contributed by atoms with van der Waals surface area (Å²) in [6.07, 6.45) is 4.23. The number of rotatable bonds is 6. The lowest BCUT2D eigenvalue weighted by Crippen LogP contribution is -2.53. The standard InChI is InChI=1S/C23H28N2O3/c1-17-10-8-9-15-20(17)24-22(26)21(16-18-11-4-2-5-12-18)25-23(27)28-19-13-6-3-7-14-19/h2-7,11-14,17,20-21H,8-10,15-16H2,1H3,(H,24,26)(H,25,27)/t17-,20+,21+/m1/s1. The Morgan fingerprint density at radius 1 is 1.00 bits per heavy atom. The molecule has 0 aromatic heterocycles. The van der Waals surface area contributed by atoms with Gasteiger partial charge in [-0.05, 0) is 36.5 Å². The molecule has 0 unspecified atom stereocenters. The Kier molecular flexibility index (Phi) is 7.06. The van der Waals surface area contributed by atoms with E-state index in [0.29, 0.717) is 18.1 Å². The Hall–Kier alpha value is -2.82. The summed E-state index contributed by atoms with van der Waals surface area (Å²) in [5, 5.41) is 5.89. The van der Waals surface area contributed by atoms with Crippen LogP contribution in [0.2, 0.25) is 0 Å². The third-order valence-electron chi connectivity index (χ3n) is 5.28. The second-order valence-corrected chi connectivity index (χ2v) is 7.47. The molecule has 0 aliphatic heterocycles. The maximum absolute atomic E-state index is 13.0. The summed E-state index contributed by atoms with van der Waals surface area (Å²) in [6, 6.07) is 18.0. The van der Waals surface area contributed by atoms with E-state index in [1.165, 1.54) is 6.42 Å². The fourth-order valence-corrected chi connectivity index (χ4v) is 3.64. The maximum Gasteiger partial charge on any atom is 0.413 e. The van der Waals surface area contributed by atoms with E-state index in [-0.39, 0.29) is 11.9 Å². The van der Waals surface area contributed by atoms with Crippen LogP contribution in [0.1, 0.15) is 38.2 Å². The Morgan fingerprint density at radius 3 is 2.32 bits per heavy atom. The second kappa shape index (κ2) is 9.93. The molecule has 0 radical (unpaired) electrons. The van der Waals surface area contributed by atoms with Crippen LogP contribution in [0, 0.1) is 5.92 Å². The number of amides is 2. The van der Waals surface area contributed by atoms with Crippen LogP contribution in [-0.4, -0.2) is 24.1 Å². The van der Waals surface area contributed by atoms with E-state index in [2.05, 4.69) is 17.6 Å². The minimum Gasteiger partial charge on any atom is -0.410 e. The first-order valence-corrected chi connectivity index (χ1v) is 9.99. The lowest BCUT2D eigenvalue weighted by molar-refractivity contribution is -0.124. The van der Waals surface area contributed by atoms with Gasteiger partial charge in [-0.15, -0.1) is 0 Å². The van der Waals surface area contributed by atoms with E-state index < -0.39 is 12.1 Å². The predicted octanol–water partition coefficient (Wildman–Crippen LogP) is 4.08. The average Bonchev–Trinajstić information content (AvgIpc) is 2.71. The molecule has 2 amide bonds. The molecule has 1 saturated carbocycles. The van der Waals surface area contributed by atoms with Crippen LogP contribution in [0.3, 0.4) is 0 Å². The molecule has 5 heteroatoms. The third-order valence-corrected chi connectivity index (χ3v) is 5.28. The molecule has 0 bridgehead atoms. The molecule has 148 valence electrons. The summed E-state index contributed by atoms with van der Waals surface area (Å²) in [5.74, 6) is 0.735. The minimum absolute atomic E-state index is 0.159. The van der Waals surface area contributed by atoms with E-state index in [0.717, 1.165) is 24.8 Å². The summed E-state index contributed by atoms with van der Waals surface area (Å²) < 4.78 is 5.31. The topological polar surface area (TPSA) is 67.4 Å². The van der Waals surface area contributed by atoms with Gasteiger partial charge in [-0.25, -0.2) is 4.79 Å². The molecule has 3 rings (SSSR count). The van der Waals surface area contributed by atoms with Gasteiger partial charge in [0.05, 0.1) is 0 Å². The van der Waals surface area contributed by atoms with Crippen molar-refractivity contribution in [3.63, 3.8) is 0 Å². The average molecular weight is 380 g/mol. The number of carbonyl (C=O) groups excluding carboxylic acids is 2. The lowest BCUT2D eigenvalue weighted by Gasteiger charge is -2.31. The SMILES string of the molecule is C[C@@H]1CCCC[C@@H]1NC(=O)[C@H](Cc1ccccc1)NC(=O)Oc1ccccc1. The smallest absolute Gasteiger partial charge is 0.410 e. The van der Waals surface area contributed by atoms with Gasteiger partial charge in [-0.3, -0.25) is 4.79 Å². The van der Waals surface area contributed by atoms with Crippen LogP contribution in [0.25, 0.3) is 0 Å². The van der Waals surface area contributed by atoms with E-state index in [4.69, 9.17) is 4.74 Å². The molecule has 2 aromatic carbocycles. The third kappa shape index (κ3) is 5.84. The van der Waals surface area contributed by atoms with Crippen LogP contribution < -0.4 is 15.4 Å². The molecule has 1 aliphatic rings. The number of benzene rings is 2. The van der Waals surface area contributed by atoms with Crippen molar-refractivity contribution in [1.29, 1.82) is 0 Å². The van der Waals surface area contributed by atoms with Gasteiger partial charge in [0.2, 0.25) is 5.91 Å². The number of ether oxygens (including phenoxy) is 1. The molecule has 2 N–H and O–H groups in total. The molecule has 0 heterocycles. The highest BCUT2D eigenvalue weighted by Crippen LogP contribution is 2.23. The first kappa shape index (κ1) is 19.9. The fraction of sp³-hybridized carbons (Fsp3) is 0.391. The van der Waals surface area contributed by atoms with Crippen molar-refractivity contribution < 1.29 is 14.3 Å². The van der Waals surface area contributed by atoms with E-state index in [1.54, 1.807) is 24.3 Å². The van der Waals surface area contributed by atoms with Gasteiger partial charge in [0.15, 0.2) is 0 Å². The van der Waals surface area contributed by atoms with Gasteiger partial charge in [0.25, 0.3) is 0 Å². The zero-order valence-corrected chi connectivity index (χ0v) is 16.3. The Morgan fingerprint density at radius 2 is 1.64 bits per heavy atom.